The number of aromatic nitrogens is 4. The van der Waals surface area contributed by atoms with E-state index < -0.39 is 24.0 Å². The van der Waals surface area contributed by atoms with E-state index in [4.69, 9.17) is 0 Å². The fraction of sp³-hybridized carbons (Fsp3) is 0.0385. The van der Waals surface area contributed by atoms with Gasteiger partial charge >= 0.3 is 5.97 Å². The summed E-state index contributed by atoms with van der Waals surface area (Å²) in [5.74, 6) is -1.44. The number of rotatable bonds is 6. The molecule has 0 fully saturated rings. The zero-order chi connectivity index (χ0) is 24.4. The summed E-state index contributed by atoms with van der Waals surface area (Å²) in [4.78, 5) is 37.6. The number of nitrogens with one attached hydrogen (secondary N) is 1. The SMILES string of the molecule is O=C(Cn1nc(C(=O)O)c2ccccc2c1=O)Nc1cc(-c2ccccc2)nn1-c1ccccc1. The van der Waals surface area contributed by atoms with Crippen LogP contribution in [-0.2, 0) is 11.3 Å². The highest BCUT2D eigenvalue weighted by molar-refractivity contribution is 6.01. The molecule has 0 spiro atoms. The molecule has 2 N–H and O–H groups in total. The standard InChI is InChI=1S/C26H19N5O4/c32-23(16-30-25(33)20-14-8-7-13-19(20)24(29-30)26(34)35)27-22-15-21(17-9-3-1-4-10-17)28-31(22)18-11-5-2-6-12-18/h1-15H,16H2,(H,27,32)(H,34,35). The minimum atomic E-state index is -1.29. The number of amides is 1. The van der Waals surface area contributed by atoms with Crippen molar-refractivity contribution in [1.29, 1.82) is 0 Å². The number of hydrogen-bond acceptors (Lipinski definition) is 5. The van der Waals surface area contributed by atoms with Crippen LogP contribution in [0, 0.1) is 0 Å². The smallest absolute Gasteiger partial charge is 0.357 e. The molecular formula is C26H19N5O4. The van der Waals surface area contributed by atoms with Crippen LogP contribution < -0.4 is 10.9 Å². The van der Waals surface area contributed by atoms with Gasteiger partial charge in [0.15, 0.2) is 5.69 Å². The quantitative estimate of drug-likeness (QED) is 0.396. The molecule has 172 valence electrons. The molecule has 0 bridgehead atoms. The van der Waals surface area contributed by atoms with Gasteiger partial charge in [-0.25, -0.2) is 14.2 Å². The highest BCUT2D eigenvalue weighted by Crippen LogP contribution is 2.24. The number of nitrogens with zero attached hydrogens (tertiary/aromatic N) is 4. The number of aromatic carboxylic acids is 1. The Hall–Kier alpha value is -5.05. The van der Waals surface area contributed by atoms with Gasteiger partial charge in [-0.1, -0.05) is 66.7 Å². The third-order valence-corrected chi connectivity index (χ3v) is 5.41. The van der Waals surface area contributed by atoms with Crippen molar-refractivity contribution in [3.63, 3.8) is 0 Å². The summed E-state index contributed by atoms with van der Waals surface area (Å²) in [6.45, 7) is -0.468. The van der Waals surface area contributed by atoms with E-state index in [1.807, 2.05) is 60.7 Å². The molecule has 0 aliphatic heterocycles. The van der Waals surface area contributed by atoms with Gasteiger partial charge in [-0.3, -0.25) is 9.59 Å². The maximum Gasteiger partial charge on any atom is 0.357 e. The first-order valence-electron chi connectivity index (χ1n) is 10.7. The molecule has 0 saturated heterocycles. The molecule has 3 aromatic carbocycles. The van der Waals surface area contributed by atoms with Crippen molar-refractivity contribution in [3.8, 4) is 16.9 Å². The van der Waals surface area contributed by atoms with E-state index in [0.717, 1.165) is 15.9 Å². The molecule has 0 radical (unpaired) electrons. The van der Waals surface area contributed by atoms with E-state index in [1.54, 1.807) is 22.9 Å². The zero-order valence-electron chi connectivity index (χ0n) is 18.3. The summed E-state index contributed by atoms with van der Waals surface area (Å²) in [6, 6.07) is 26.8. The molecule has 0 atom stereocenters. The first-order chi connectivity index (χ1) is 17.0. The largest absolute Gasteiger partial charge is 0.476 e. The van der Waals surface area contributed by atoms with Gasteiger partial charge < -0.3 is 10.4 Å². The van der Waals surface area contributed by atoms with Crippen molar-refractivity contribution in [2.24, 2.45) is 0 Å². The lowest BCUT2D eigenvalue weighted by atomic mass is 10.1. The van der Waals surface area contributed by atoms with Crippen LogP contribution in [-0.4, -0.2) is 36.5 Å². The average Bonchev–Trinajstić information content (AvgIpc) is 3.30. The van der Waals surface area contributed by atoms with Crippen LogP contribution in [0.25, 0.3) is 27.7 Å². The Morgan fingerprint density at radius 1 is 0.829 bits per heavy atom. The Balaban J connectivity index is 1.50. The van der Waals surface area contributed by atoms with Gasteiger partial charge in [0.05, 0.1) is 16.8 Å². The summed E-state index contributed by atoms with van der Waals surface area (Å²) in [6.07, 6.45) is 0. The van der Waals surface area contributed by atoms with Crippen LogP contribution in [0.1, 0.15) is 10.5 Å². The Morgan fingerprint density at radius 2 is 1.46 bits per heavy atom. The minimum absolute atomic E-state index is 0.174. The molecule has 9 heteroatoms. The van der Waals surface area contributed by atoms with Crippen molar-refractivity contribution in [1.82, 2.24) is 19.6 Å². The monoisotopic (exact) mass is 465 g/mol. The number of carboxylic acids is 1. The second-order valence-electron chi connectivity index (χ2n) is 7.74. The van der Waals surface area contributed by atoms with Crippen molar-refractivity contribution in [3.05, 3.63) is 107 Å². The van der Waals surface area contributed by atoms with Crippen molar-refractivity contribution in [2.45, 2.75) is 6.54 Å². The Bertz CT molecular complexity index is 1610. The summed E-state index contributed by atoms with van der Waals surface area (Å²) in [5.41, 5.74) is 1.41. The number of fused-ring (bicyclic) bond motifs is 1. The lowest BCUT2D eigenvalue weighted by molar-refractivity contribution is -0.117. The molecule has 2 aromatic heterocycles. The minimum Gasteiger partial charge on any atom is -0.476 e. The van der Waals surface area contributed by atoms with Gasteiger partial charge in [0.25, 0.3) is 5.56 Å². The van der Waals surface area contributed by atoms with Crippen LogP contribution in [0.15, 0.2) is 95.8 Å². The topological polar surface area (TPSA) is 119 Å². The number of carboxylic acid groups (broad SMARTS) is 1. The van der Waals surface area contributed by atoms with E-state index >= 15 is 0 Å². The molecule has 0 unspecified atom stereocenters. The first-order valence-corrected chi connectivity index (χ1v) is 10.7. The van der Waals surface area contributed by atoms with Gasteiger partial charge in [0, 0.05) is 17.0 Å². The molecule has 35 heavy (non-hydrogen) atoms. The number of benzene rings is 3. The van der Waals surface area contributed by atoms with Crippen molar-refractivity contribution in [2.75, 3.05) is 5.32 Å². The molecule has 0 aliphatic carbocycles. The van der Waals surface area contributed by atoms with E-state index in [9.17, 15) is 19.5 Å². The Labute approximate surface area is 198 Å². The highest BCUT2D eigenvalue weighted by atomic mass is 16.4. The average molecular weight is 465 g/mol. The van der Waals surface area contributed by atoms with Gasteiger partial charge in [0.1, 0.15) is 12.4 Å². The number of carbonyl (C=O) groups is 2. The first kappa shape index (κ1) is 21.8. The molecule has 0 aliphatic rings. The lowest BCUT2D eigenvalue weighted by Crippen LogP contribution is -2.31. The third kappa shape index (κ3) is 4.30. The van der Waals surface area contributed by atoms with Crippen LogP contribution in [0.4, 0.5) is 5.82 Å². The van der Waals surface area contributed by atoms with Gasteiger partial charge in [-0.15, -0.1) is 0 Å². The summed E-state index contributed by atoms with van der Waals surface area (Å²) in [5, 5.41) is 21.3. The van der Waals surface area contributed by atoms with Gasteiger partial charge in [-0.05, 0) is 18.2 Å². The summed E-state index contributed by atoms with van der Waals surface area (Å²) in [7, 11) is 0. The molecular weight excluding hydrogens is 446 g/mol. The van der Waals surface area contributed by atoms with Crippen LogP contribution in [0.5, 0.6) is 0 Å². The van der Waals surface area contributed by atoms with E-state index in [0.29, 0.717) is 11.5 Å². The maximum absolute atomic E-state index is 13.0. The number of carbonyl (C=O) groups excluding carboxylic acids is 1. The molecule has 5 rings (SSSR count). The van der Waals surface area contributed by atoms with E-state index in [1.165, 1.54) is 12.1 Å². The molecule has 9 nitrogen and oxygen atoms in total. The predicted octanol–water partition coefficient (Wildman–Crippen LogP) is 3.59. The molecule has 0 saturated carbocycles. The van der Waals surface area contributed by atoms with E-state index in [-0.39, 0.29) is 16.5 Å². The van der Waals surface area contributed by atoms with Crippen molar-refractivity contribution >= 4 is 28.5 Å². The summed E-state index contributed by atoms with van der Waals surface area (Å²) >= 11 is 0. The van der Waals surface area contributed by atoms with Crippen LogP contribution >= 0.6 is 0 Å². The molecule has 5 aromatic rings. The third-order valence-electron chi connectivity index (χ3n) is 5.41. The van der Waals surface area contributed by atoms with Gasteiger partial charge in [0.2, 0.25) is 5.91 Å². The second kappa shape index (κ2) is 9.06. The fourth-order valence-electron chi connectivity index (χ4n) is 3.80. The van der Waals surface area contributed by atoms with Gasteiger partial charge in [-0.2, -0.15) is 10.2 Å². The number of hydrogen-bond donors (Lipinski definition) is 2. The van der Waals surface area contributed by atoms with Crippen molar-refractivity contribution < 1.29 is 14.7 Å². The Kier molecular flexibility index (Phi) is 5.64. The highest BCUT2D eigenvalue weighted by Gasteiger charge is 2.19. The normalized spacial score (nSPS) is 10.9. The maximum atomic E-state index is 13.0. The molecule has 2 heterocycles. The number of anilines is 1. The predicted molar refractivity (Wildman–Crippen MR) is 131 cm³/mol. The fourth-order valence-corrected chi connectivity index (χ4v) is 3.80. The van der Waals surface area contributed by atoms with Crippen LogP contribution in [0.2, 0.25) is 0 Å². The number of para-hydroxylation sites is 1. The second-order valence-corrected chi connectivity index (χ2v) is 7.74. The lowest BCUT2D eigenvalue weighted by Gasteiger charge is -2.11. The zero-order valence-corrected chi connectivity index (χ0v) is 18.3. The molecule has 1 amide bonds. The van der Waals surface area contributed by atoms with Crippen LogP contribution in [0.3, 0.4) is 0 Å². The van der Waals surface area contributed by atoms with E-state index in [2.05, 4.69) is 15.5 Å². The summed E-state index contributed by atoms with van der Waals surface area (Å²) < 4.78 is 2.46. The Morgan fingerprint density at radius 3 is 2.14 bits per heavy atom.